The molecule has 0 aromatic heterocycles. The second-order valence-electron chi connectivity index (χ2n) is 7.80. The van der Waals surface area contributed by atoms with Crippen LogP contribution in [0.4, 0.5) is 0 Å². The topological polar surface area (TPSA) is 48.0 Å². The van der Waals surface area contributed by atoms with Gasteiger partial charge < -0.3 is 19.1 Å². The molecule has 1 saturated carbocycles. The highest BCUT2D eigenvalue weighted by atomic mass is 16.5. The molecule has 0 radical (unpaired) electrons. The average molecular weight is 359 g/mol. The van der Waals surface area contributed by atoms with Crippen LogP contribution in [-0.2, 0) is 20.7 Å². The third kappa shape index (κ3) is 3.89. The van der Waals surface area contributed by atoms with Crippen LogP contribution in [0.1, 0.15) is 44.1 Å². The minimum atomic E-state index is -0.233. The number of morpholine rings is 1. The number of ether oxygens (including phenoxy) is 3. The average Bonchev–Trinajstić information content (AvgIpc) is 3.33. The highest BCUT2D eigenvalue weighted by Gasteiger charge is 2.45. The maximum absolute atomic E-state index is 12.9. The van der Waals surface area contributed by atoms with Crippen LogP contribution < -0.4 is 4.74 Å². The molecular formula is C21H29NO4. The molecule has 2 heterocycles. The van der Waals surface area contributed by atoms with Crippen molar-refractivity contribution in [2.24, 2.45) is 0 Å². The van der Waals surface area contributed by atoms with Gasteiger partial charge in [-0.2, -0.15) is 0 Å². The van der Waals surface area contributed by atoms with Crippen LogP contribution >= 0.6 is 0 Å². The van der Waals surface area contributed by atoms with Crippen LogP contribution in [0.15, 0.2) is 24.3 Å². The highest BCUT2D eigenvalue weighted by molar-refractivity contribution is 5.77. The van der Waals surface area contributed by atoms with Gasteiger partial charge in [0.05, 0.1) is 31.5 Å². The van der Waals surface area contributed by atoms with E-state index >= 15 is 0 Å². The molecule has 3 aliphatic rings. The largest absolute Gasteiger partial charge is 0.490 e. The number of rotatable bonds is 5. The van der Waals surface area contributed by atoms with E-state index in [1.165, 1.54) is 18.4 Å². The smallest absolute Gasteiger partial charge is 0.223 e. The minimum absolute atomic E-state index is 0.209. The first kappa shape index (κ1) is 17.8. The molecule has 1 aromatic rings. The van der Waals surface area contributed by atoms with E-state index in [1.807, 2.05) is 17.0 Å². The van der Waals surface area contributed by atoms with E-state index < -0.39 is 0 Å². The van der Waals surface area contributed by atoms with Crippen molar-refractivity contribution in [3.8, 4) is 5.75 Å². The molecule has 4 rings (SSSR count). The van der Waals surface area contributed by atoms with Crippen molar-refractivity contribution in [3.05, 3.63) is 29.8 Å². The molecule has 5 heteroatoms. The van der Waals surface area contributed by atoms with E-state index in [0.29, 0.717) is 45.5 Å². The van der Waals surface area contributed by atoms with Gasteiger partial charge in [-0.25, -0.2) is 0 Å². The maximum Gasteiger partial charge on any atom is 0.223 e. The van der Waals surface area contributed by atoms with Gasteiger partial charge in [0.2, 0.25) is 5.91 Å². The molecule has 0 N–H and O–H groups in total. The van der Waals surface area contributed by atoms with E-state index in [9.17, 15) is 4.79 Å². The van der Waals surface area contributed by atoms with E-state index in [1.54, 1.807) is 0 Å². The number of benzene rings is 1. The summed E-state index contributed by atoms with van der Waals surface area (Å²) in [5.41, 5.74) is 0.932. The summed E-state index contributed by atoms with van der Waals surface area (Å²) in [7, 11) is 0. The number of aryl methyl sites for hydroxylation is 1. The SMILES string of the molecule is O=C(CCc1cccc(OC2CCCC2)c1)N1CCOCC12CCOC2. The van der Waals surface area contributed by atoms with Crippen molar-refractivity contribution >= 4 is 5.91 Å². The Labute approximate surface area is 155 Å². The summed E-state index contributed by atoms with van der Waals surface area (Å²) < 4.78 is 17.3. The molecule has 1 aromatic carbocycles. The van der Waals surface area contributed by atoms with Crippen molar-refractivity contribution in [3.63, 3.8) is 0 Å². The Morgan fingerprint density at radius 1 is 1.19 bits per heavy atom. The molecule has 1 unspecified atom stereocenters. The lowest BCUT2D eigenvalue weighted by molar-refractivity contribution is -0.149. The molecule has 3 fully saturated rings. The molecule has 5 nitrogen and oxygen atoms in total. The Bertz CT molecular complexity index is 620. The van der Waals surface area contributed by atoms with Crippen LogP contribution in [0.2, 0.25) is 0 Å². The number of hydrogen-bond acceptors (Lipinski definition) is 4. The summed E-state index contributed by atoms with van der Waals surface area (Å²) in [6.45, 7) is 3.21. The van der Waals surface area contributed by atoms with Gasteiger partial charge in [-0.15, -0.1) is 0 Å². The summed E-state index contributed by atoms with van der Waals surface area (Å²) in [4.78, 5) is 14.9. The predicted octanol–water partition coefficient (Wildman–Crippen LogP) is 2.96. The zero-order chi connectivity index (χ0) is 17.8. The second kappa shape index (κ2) is 7.97. The Morgan fingerprint density at radius 2 is 2.00 bits per heavy atom. The molecule has 2 aliphatic heterocycles. The maximum atomic E-state index is 12.9. The summed E-state index contributed by atoms with van der Waals surface area (Å²) in [6, 6.07) is 8.24. The number of amides is 1. The Morgan fingerprint density at radius 3 is 2.81 bits per heavy atom. The summed E-state index contributed by atoms with van der Waals surface area (Å²) in [6.07, 6.45) is 7.36. The quantitative estimate of drug-likeness (QED) is 0.811. The fourth-order valence-corrected chi connectivity index (χ4v) is 4.40. The first-order valence-corrected chi connectivity index (χ1v) is 9.97. The Kier molecular flexibility index (Phi) is 5.46. The van der Waals surface area contributed by atoms with Crippen LogP contribution in [0, 0.1) is 0 Å². The van der Waals surface area contributed by atoms with Gasteiger partial charge in [0.1, 0.15) is 5.75 Å². The first-order valence-electron chi connectivity index (χ1n) is 9.97. The molecule has 142 valence electrons. The van der Waals surface area contributed by atoms with Crippen LogP contribution in [0.5, 0.6) is 5.75 Å². The van der Waals surface area contributed by atoms with Gasteiger partial charge in [0.15, 0.2) is 0 Å². The Hall–Kier alpha value is -1.59. The predicted molar refractivity (Wildman–Crippen MR) is 98.3 cm³/mol. The molecule has 2 saturated heterocycles. The molecule has 1 aliphatic carbocycles. The molecule has 0 bridgehead atoms. The number of hydrogen-bond donors (Lipinski definition) is 0. The molecule has 1 atom stereocenters. The molecular weight excluding hydrogens is 330 g/mol. The fourth-order valence-electron chi connectivity index (χ4n) is 4.40. The highest BCUT2D eigenvalue weighted by Crippen LogP contribution is 2.30. The zero-order valence-electron chi connectivity index (χ0n) is 15.5. The number of carbonyl (C=O) groups is 1. The van der Waals surface area contributed by atoms with E-state index in [0.717, 1.165) is 31.4 Å². The normalized spacial score (nSPS) is 26.5. The molecule has 26 heavy (non-hydrogen) atoms. The fraction of sp³-hybridized carbons (Fsp3) is 0.667. The standard InChI is InChI=1S/C21H29NO4/c23-20(22-11-13-25-16-21(22)10-12-24-15-21)9-8-17-4-3-7-19(14-17)26-18-5-1-2-6-18/h3-4,7,14,18H,1-2,5-6,8-13,15-16H2. The van der Waals surface area contributed by atoms with Crippen LogP contribution in [-0.4, -0.2) is 55.4 Å². The lowest BCUT2D eigenvalue weighted by Crippen LogP contribution is -2.59. The van der Waals surface area contributed by atoms with Gasteiger partial charge in [-0.05, 0) is 56.2 Å². The van der Waals surface area contributed by atoms with Crippen molar-refractivity contribution in [1.82, 2.24) is 4.90 Å². The van der Waals surface area contributed by atoms with Crippen molar-refractivity contribution in [2.75, 3.05) is 33.0 Å². The third-order valence-electron chi connectivity index (χ3n) is 5.92. The monoisotopic (exact) mass is 359 g/mol. The summed E-state index contributed by atoms with van der Waals surface area (Å²) >= 11 is 0. The van der Waals surface area contributed by atoms with E-state index in [2.05, 4.69) is 12.1 Å². The van der Waals surface area contributed by atoms with Gasteiger partial charge in [-0.3, -0.25) is 4.79 Å². The van der Waals surface area contributed by atoms with Crippen molar-refractivity contribution in [1.29, 1.82) is 0 Å². The Balaban J connectivity index is 1.35. The lowest BCUT2D eigenvalue weighted by Gasteiger charge is -2.43. The van der Waals surface area contributed by atoms with Gasteiger partial charge in [0.25, 0.3) is 0 Å². The summed E-state index contributed by atoms with van der Waals surface area (Å²) in [5, 5.41) is 0. The second-order valence-corrected chi connectivity index (χ2v) is 7.80. The molecule has 1 amide bonds. The zero-order valence-corrected chi connectivity index (χ0v) is 15.5. The first-order chi connectivity index (χ1) is 12.8. The lowest BCUT2D eigenvalue weighted by atomic mass is 9.95. The van der Waals surface area contributed by atoms with Crippen LogP contribution in [0.3, 0.4) is 0 Å². The molecule has 1 spiro atoms. The number of nitrogens with zero attached hydrogens (tertiary/aromatic N) is 1. The third-order valence-corrected chi connectivity index (χ3v) is 5.92. The van der Waals surface area contributed by atoms with Gasteiger partial charge in [-0.1, -0.05) is 12.1 Å². The van der Waals surface area contributed by atoms with Crippen molar-refractivity contribution < 1.29 is 19.0 Å². The summed E-state index contributed by atoms with van der Waals surface area (Å²) in [5.74, 6) is 1.15. The van der Waals surface area contributed by atoms with Crippen LogP contribution in [0.25, 0.3) is 0 Å². The van der Waals surface area contributed by atoms with E-state index in [-0.39, 0.29) is 11.4 Å². The minimum Gasteiger partial charge on any atom is -0.490 e. The van der Waals surface area contributed by atoms with Crippen molar-refractivity contribution in [2.45, 2.75) is 56.6 Å². The number of carbonyl (C=O) groups excluding carboxylic acids is 1. The van der Waals surface area contributed by atoms with Gasteiger partial charge in [0, 0.05) is 19.6 Å². The van der Waals surface area contributed by atoms with E-state index in [4.69, 9.17) is 14.2 Å². The van der Waals surface area contributed by atoms with Gasteiger partial charge >= 0.3 is 0 Å².